The van der Waals surface area contributed by atoms with Gasteiger partial charge in [-0.05, 0) is 47.9 Å². The summed E-state index contributed by atoms with van der Waals surface area (Å²) in [4.78, 5) is 84.8. The zero-order chi connectivity index (χ0) is 37.9. The largest absolute Gasteiger partial charge is 0.423 e. The van der Waals surface area contributed by atoms with Gasteiger partial charge in [-0.2, -0.15) is 0 Å². The normalized spacial score (nSPS) is 10.8. The van der Waals surface area contributed by atoms with Crippen LogP contribution in [0.4, 0.5) is 0 Å². The van der Waals surface area contributed by atoms with Gasteiger partial charge in [0, 0.05) is 76.7 Å². The summed E-state index contributed by atoms with van der Waals surface area (Å²) < 4.78 is 39.0. The fourth-order valence-electron chi connectivity index (χ4n) is 5.46. The maximum absolute atomic E-state index is 13.8. The van der Waals surface area contributed by atoms with Gasteiger partial charge in [0.15, 0.2) is 34.5 Å². The molecule has 0 atom stereocenters. The molecule has 0 amide bonds. The van der Waals surface area contributed by atoms with E-state index in [0.29, 0.717) is 22.1 Å². The molecule has 0 spiro atoms. The molecule has 0 aliphatic carbocycles. The molecule has 0 fully saturated rings. The number of fused-ring (bicyclic) bond motifs is 3. The Labute approximate surface area is 294 Å². The van der Waals surface area contributed by atoms with Crippen LogP contribution in [0, 0.1) is 0 Å². The van der Waals surface area contributed by atoms with Crippen molar-refractivity contribution in [1.29, 1.82) is 0 Å². The first-order valence-corrected chi connectivity index (χ1v) is 15.6. The van der Waals surface area contributed by atoms with Crippen molar-refractivity contribution in [2.45, 2.75) is 54.5 Å². The van der Waals surface area contributed by atoms with E-state index in [9.17, 15) is 33.6 Å². The molecule has 2 aromatic heterocycles. The maximum atomic E-state index is 13.8. The molecule has 0 saturated carbocycles. The summed E-state index contributed by atoms with van der Waals surface area (Å²) in [6.07, 6.45) is 1.93. The minimum Gasteiger partial charge on any atom is -0.423 e. The zero-order valence-corrected chi connectivity index (χ0v) is 28.8. The number of ether oxygens (including phenoxy) is 6. The Morgan fingerprint density at radius 1 is 0.577 bits per heavy atom. The maximum Gasteiger partial charge on any atom is 0.361 e. The Morgan fingerprint density at radius 3 is 1.58 bits per heavy atom. The van der Waals surface area contributed by atoms with Gasteiger partial charge >= 0.3 is 41.4 Å². The number of benzene rings is 3. The Kier molecular flexibility index (Phi) is 10.5. The summed E-state index contributed by atoms with van der Waals surface area (Å²) in [5, 5.41) is 0.616. The Bertz CT molecular complexity index is 2360. The van der Waals surface area contributed by atoms with E-state index in [-0.39, 0.29) is 63.9 Å². The van der Waals surface area contributed by atoms with E-state index in [4.69, 9.17) is 32.8 Å². The standard InChI is InChI=1S/C37H31NO14/c1-18(39)46-28-9-7-24(13-31(28)48-20(3)41)11-12-38-17-27(25-8-10-29(47-19(2)40)32(14-25)49-21(4)42)35-26-15-33(50-22(5)43)34(51-23(6)44)16-30(26)52-37(45)36(35)38/h7-10,13-17H,11-12H2,1-6H3. The molecule has 52 heavy (non-hydrogen) atoms. The Hall–Kier alpha value is -6.77. The van der Waals surface area contributed by atoms with Crippen LogP contribution in [0.15, 0.2) is 63.9 Å². The van der Waals surface area contributed by atoms with Crippen molar-refractivity contribution in [2.24, 2.45) is 0 Å². The SMILES string of the molecule is CC(=O)Oc1ccc(CCn2cc(-c3ccc(OC(C)=O)c(OC(C)=O)c3)c3c4cc(OC(C)=O)c(OC(C)=O)cc4oc(=O)c32)cc1OC(C)=O. The molecule has 0 bridgehead atoms. The second-order valence-electron chi connectivity index (χ2n) is 11.4. The fourth-order valence-corrected chi connectivity index (χ4v) is 5.46. The van der Waals surface area contributed by atoms with Crippen LogP contribution in [0.1, 0.15) is 47.1 Å². The van der Waals surface area contributed by atoms with Crippen molar-refractivity contribution in [3.05, 3.63) is 70.7 Å². The van der Waals surface area contributed by atoms with Crippen LogP contribution >= 0.6 is 0 Å². The highest BCUT2D eigenvalue weighted by Gasteiger charge is 2.24. The average molecular weight is 714 g/mol. The van der Waals surface area contributed by atoms with Crippen molar-refractivity contribution in [3.8, 4) is 45.6 Å². The highest BCUT2D eigenvalue weighted by Crippen LogP contribution is 2.42. The van der Waals surface area contributed by atoms with Gasteiger partial charge in [0.25, 0.3) is 0 Å². The molecule has 2 heterocycles. The molecule has 15 nitrogen and oxygen atoms in total. The lowest BCUT2D eigenvalue weighted by molar-refractivity contribution is -0.134. The predicted molar refractivity (Wildman–Crippen MR) is 181 cm³/mol. The van der Waals surface area contributed by atoms with E-state index >= 15 is 0 Å². The van der Waals surface area contributed by atoms with Gasteiger partial charge in [-0.15, -0.1) is 0 Å². The number of hydrogen-bond donors (Lipinski definition) is 0. The van der Waals surface area contributed by atoms with Crippen molar-refractivity contribution < 1.29 is 61.6 Å². The quantitative estimate of drug-likeness (QED) is 0.104. The van der Waals surface area contributed by atoms with E-state index in [2.05, 4.69) is 0 Å². The van der Waals surface area contributed by atoms with Crippen LogP contribution in [0.2, 0.25) is 0 Å². The number of hydrogen-bond acceptors (Lipinski definition) is 14. The van der Waals surface area contributed by atoms with Crippen LogP contribution in [-0.2, 0) is 41.7 Å². The Balaban J connectivity index is 1.74. The van der Waals surface area contributed by atoms with Crippen molar-refractivity contribution >= 4 is 57.7 Å². The lowest BCUT2D eigenvalue weighted by Crippen LogP contribution is -2.10. The van der Waals surface area contributed by atoms with Gasteiger partial charge in [-0.3, -0.25) is 28.8 Å². The summed E-state index contributed by atoms with van der Waals surface area (Å²) in [6.45, 7) is 7.25. The highest BCUT2D eigenvalue weighted by atomic mass is 16.6. The molecule has 0 saturated heterocycles. The monoisotopic (exact) mass is 713 g/mol. The lowest BCUT2D eigenvalue weighted by Gasteiger charge is -2.12. The number of nitrogens with zero attached hydrogens (tertiary/aromatic N) is 1. The number of aryl methyl sites for hydroxylation is 2. The van der Waals surface area contributed by atoms with Gasteiger partial charge < -0.3 is 37.4 Å². The number of aromatic nitrogens is 1. The van der Waals surface area contributed by atoms with Crippen LogP contribution in [-0.4, -0.2) is 40.4 Å². The molecule has 0 aliphatic heterocycles. The summed E-state index contributed by atoms with van der Waals surface area (Å²) in [7, 11) is 0. The van der Waals surface area contributed by atoms with Gasteiger partial charge in [0.2, 0.25) is 0 Å². The van der Waals surface area contributed by atoms with E-state index < -0.39 is 41.4 Å². The third kappa shape index (κ3) is 8.33. The highest BCUT2D eigenvalue weighted by molar-refractivity contribution is 6.12. The van der Waals surface area contributed by atoms with Crippen molar-refractivity contribution in [2.75, 3.05) is 0 Å². The van der Waals surface area contributed by atoms with Crippen LogP contribution < -0.4 is 34.0 Å². The van der Waals surface area contributed by atoms with E-state index in [0.717, 1.165) is 13.8 Å². The van der Waals surface area contributed by atoms with Gasteiger partial charge in [-0.25, -0.2) is 4.79 Å². The van der Waals surface area contributed by atoms with Crippen LogP contribution in [0.3, 0.4) is 0 Å². The van der Waals surface area contributed by atoms with Crippen LogP contribution in [0.25, 0.3) is 33.0 Å². The first-order chi connectivity index (χ1) is 24.6. The summed E-state index contributed by atoms with van der Waals surface area (Å²) in [5.74, 6) is -4.32. The molecule has 0 N–H and O–H groups in total. The number of carbonyl (C=O) groups excluding carboxylic acids is 6. The average Bonchev–Trinajstić information content (AvgIpc) is 3.41. The predicted octanol–water partition coefficient (Wildman–Crippen LogP) is 5.21. The number of esters is 6. The molecule has 3 aromatic carbocycles. The third-order valence-corrected chi connectivity index (χ3v) is 7.22. The number of rotatable bonds is 10. The molecule has 15 heteroatoms. The first kappa shape index (κ1) is 36.5. The molecule has 5 aromatic rings. The minimum absolute atomic E-state index is 0.00696. The van der Waals surface area contributed by atoms with Crippen molar-refractivity contribution in [1.82, 2.24) is 4.57 Å². The Morgan fingerprint density at radius 2 is 1.04 bits per heavy atom. The summed E-state index contributed by atoms with van der Waals surface area (Å²) >= 11 is 0. The molecule has 0 aliphatic rings. The number of carbonyl (C=O) groups is 6. The lowest BCUT2D eigenvalue weighted by atomic mass is 10.0. The van der Waals surface area contributed by atoms with Gasteiger partial charge in [0.1, 0.15) is 11.1 Å². The molecule has 0 unspecified atom stereocenters. The summed E-state index contributed by atoms with van der Waals surface area (Å²) in [5.41, 5.74) is 0.801. The first-order valence-electron chi connectivity index (χ1n) is 15.6. The van der Waals surface area contributed by atoms with Gasteiger partial charge in [0.05, 0.1) is 0 Å². The minimum atomic E-state index is -0.773. The summed E-state index contributed by atoms with van der Waals surface area (Å²) in [6, 6.07) is 11.8. The third-order valence-electron chi connectivity index (χ3n) is 7.22. The fraction of sp³-hybridized carbons (Fsp3) is 0.216. The van der Waals surface area contributed by atoms with Gasteiger partial charge in [-0.1, -0.05) is 12.1 Å². The van der Waals surface area contributed by atoms with E-state index in [1.54, 1.807) is 22.9 Å². The molecular formula is C37H31NO14. The smallest absolute Gasteiger partial charge is 0.361 e. The second kappa shape index (κ2) is 15.0. The molecular weight excluding hydrogens is 682 g/mol. The molecule has 5 rings (SSSR count). The zero-order valence-electron chi connectivity index (χ0n) is 28.8. The van der Waals surface area contributed by atoms with E-state index in [1.807, 2.05) is 0 Å². The van der Waals surface area contributed by atoms with Crippen LogP contribution in [0.5, 0.6) is 34.5 Å². The van der Waals surface area contributed by atoms with E-state index in [1.165, 1.54) is 64.1 Å². The molecule has 268 valence electrons. The second-order valence-corrected chi connectivity index (χ2v) is 11.4. The molecule has 0 radical (unpaired) electrons. The topological polar surface area (TPSA) is 193 Å². The van der Waals surface area contributed by atoms with Crippen molar-refractivity contribution in [3.63, 3.8) is 0 Å².